The van der Waals surface area contributed by atoms with Crippen molar-refractivity contribution >= 4 is 11.9 Å². The average molecular weight is 367 g/mol. The third-order valence-corrected chi connectivity index (χ3v) is 3.99. The van der Waals surface area contributed by atoms with Crippen LogP contribution in [-0.4, -0.2) is 43.8 Å². The first-order valence-corrected chi connectivity index (χ1v) is 9.27. The SMILES string of the molecule is CCNC(=NCC(C)(O)c1ccc(C)o1)NCCCCCCC(=O)OC. The van der Waals surface area contributed by atoms with E-state index in [-0.39, 0.29) is 12.5 Å². The average Bonchev–Trinajstić information content (AvgIpc) is 3.05. The van der Waals surface area contributed by atoms with Gasteiger partial charge in [0.15, 0.2) is 5.96 Å². The second kappa shape index (κ2) is 11.6. The number of nitrogens with zero attached hydrogens (tertiary/aromatic N) is 1. The van der Waals surface area contributed by atoms with E-state index in [1.807, 2.05) is 19.9 Å². The maximum absolute atomic E-state index is 11.0. The van der Waals surface area contributed by atoms with Crippen LogP contribution in [0.15, 0.2) is 21.5 Å². The zero-order valence-electron chi connectivity index (χ0n) is 16.4. The fourth-order valence-corrected chi connectivity index (χ4v) is 2.43. The van der Waals surface area contributed by atoms with E-state index in [0.29, 0.717) is 18.1 Å². The molecular formula is C19H33N3O4. The van der Waals surface area contributed by atoms with Crippen molar-refractivity contribution < 1.29 is 19.1 Å². The molecule has 1 aromatic heterocycles. The fraction of sp³-hybridized carbons (Fsp3) is 0.684. The minimum atomic E-state index is -1.15. The van der Waals surface area contributed by atoms with Crippen LogP contribution in [0.4, 0.5) is 0 Å². The fourth-order valence-electron chi connectivity index (χ4n) is 2.43. The van der Waals surface area contributed by atoms with Gasteiger partial charge in [-0.05, 0) is 45.7 Å². The molecule has 1 aromatic rings. The monoisotopic (exact) mass is 367 g/mol. The highest BCUT2D eigenvalue weighted by Crippen LogP contribution is 2.22. The molecular weight excluding hydrogens is 334 g/mol. The van der Waals surface area contributed by atoms with Crippen LogP contribution < -0.4 is 10.6 Å². The Kier molecular flexibility index (Phi) is 9.80. The van der Waals surface area contributed by atoms with Gasteiger partial charge in [-0.25, -0.2) is 4.99 Å². The Morgan fingerprint density at radius 1 is 1.27 bits per heavy atom. The molecule has 26 heavy (non-hydrogen) atoms. The summed E-state index contributed by atoms with van der Waals surface area (Å²) in [5, 5.41) is 17.0. The molecule has 0 radical (unpaired) electrons. The first kappa shape index (κ1) is 22.0. The number of methoxy groups -OCH3 is 1. The second-order valence-corrected chi connectivity index (χ2v) is 6.55. The van der Waals surface area contributed by atoms with Crippen molar-refractivity contribution in [2.24, 2.45) is 4.99 Å². The van der Waals surface area contributed by atoms with Crippen molar-refractivity contribution in [2.75, 3.05) is 26.7 Å². The van der Waals surface area contributed by atoms with Gasteiger partial charge in [-0.1, -0.05) is 12.8 Å². The number of unbranched alkanes of at least 4 members (excludes halogenated alkanes) is 3. The number of nitrogens with one attached hydrogen (secondary N) is 2. The van der Waals surface area contributed by atoms with Crippen LogP contribution in [0.25, 0.3) is 0 Å². The smallest absolute Gasteiger partial charge is 0.305 e. The molecule has 0 saturated heterocycles. The topological polar surface area (TPSA) is 96.1 Å². The summed E-state index contributed by atoms with van der Waals surface area (Å²) in [5.74, 6) is 1.80. The van der Waals surface area contributed by atoms with Crippen LogP contribution in [0.2, 0.25) is 0 Å². The largest absolute Gasteiger partial charge is 0.469 e. The first-order chi connectivity index (χ1) is 12.4. The number of ether oxygens (including phenoxy) is 1. The van der Waals surface area contributed by atoms with Crippen LogP contribution in [0.3, 0.4) is 0 Å². The molecule has 1 unspecified atom stereocenters. The predicted octanol–water partition coefficient (Wildman–Crippen LogP) is 2.47. The number of carbonyl (C=O) groups excluding carboxylic acids is 1. The highest BCUT2D eigenvalue weighted by molar-refractivity contribution is 5.79. The predicted molar refractivity (Wildman–Crippen MR) is 102 cm³/mol. The Balaban J connectivity index is 2.36. The molecule has 1 heterocycles. The lowest BCUT2D eigenvalue weighted by molar-refractivity contribution is -0.140. The van der Waals surface area contributed by atoms with Gasteiger partial charge in [-0.2, -0.15) is 0 Å². The van der Waals surface area contributed by atoms with Gasteiger partial charge in [-0.3, -0.25) is 4.79 Å². The summed E-state index contributed by atoms with van der Waals surface area (Å²) in [5.41, 5.74) is -1.15. The Labute approximate surface area is 156 Å². The summed E-state index contributed by atoms with van der Waals surface area (Å²) in [6.45, 7) is 7.27. The number of aliphatic imine (C=N–C) groups is 1. The van der Waals surface area contributed by atoms with E-state index < -0.39 is 5.60 Å². The number of esters is 1. The molecule has 0 aliphatic rings. The molecule has 0 spiro atoms. The van der Waals surface area contributed by atoms with Gasteiger partial charge in [0.25, 0.3) is 0 Å². The van der Waals surface area contributed by atoms with Gasteiger partial charge >= 0.3 is 5.97 Å². The normalized spacial score (nSPS) is 14.0. The highest BCUT2D eigenvalue weighted by atomic mass is 16.5. The molecule has 0 aliphatic carbocycles. The van der Waals surface area contributed by atoms with E-state index in [9.17, 15) is 9.90 Å². The lowest BCUT2D eigenvalue weighted by Crippen LogP contribution is -2.39. The van der Waals surface area contributed by atoms with Gasteiger partial charge in [-0.15, -0.1) is 0 Å². The Bertz CT molecular complexity index is 567. The van der Waals surface area contributed by atoms with Crippen molar-refractivity contribution in [2.45, 2.75) is 58.5 Å². The summed E-state index contributed by atoms with van der Waals surface area (Å²) in [7, 11) is 1.41. The zero-order chi connectivity index (χ0) is 19.4. The summed E-state index contributed by atoms with van der Waals surface area (Å²) in [6, 6.07) is 3.61. The summed E-state index contributed by atoms with van der Waals surface area (Å²) in [4.78, 5) is 15.5. The zero-order valence-corrected chi connectivity index (χ0v) is 16.4. The number of rotatable bonds is 11. The van der Waals surface area contributed by atoms with Crippen LogP contribution in [0, 0.1) is 6.92 Å². The van der Waals surface area contributed by atoms with E-state index in [1.165, 1.54) is 7.11 Å². The van der Waals surface area contributed by atoms with E-state index in [2.05, 4.69) is 20.4 Å². The molecule has 0 amide bonds. The summed E-state index contributed by atoms with van der Waals surface area (Å²) in [6.07, 6.45) is 4.35. The van der Waals surface area contributed by atoms with Gasteiger partial charge in [0, 0.05) is 19.5 Å². The maximum atomic E-state index is 11.0. The molecule has 7 nitrogen and oxygen atoms in total. The summed E-state index contributed by atoms with van der Waals surface area (Å²) < 4.78 is 10.1. The highest BCUT2D eigenvalue weighted by Gasteiger charge is 2.26. The third kappa shape index (κ3) is 8.38. The number of hydrogen-bond acceptors (Lipinski definition) is 5. The standard InChI is InChI=1S/C19H33N3O4/c1-5-20-18(21-13-9-7-6-8-10-17(23)25-4)22-14-19(3,24)16-12-11-15(2)26-16/h11-12,24H,5-10,13-14H2,1-4H3,(H2,20,21,22). The minimum absolute atomic E-state index is 0.150. The Hall–Kier alpha value is -2.02. The van der Waals surface area contributed by atoms with Crippen LogP contribution in [0.5, 0.6) is 0 Å². The van der Waals surface area contributed by atoms with Gasteiger partial charge in [0.1, 0.15) is 17.1 Å². The Morgan fingerprint density at radius 3 is 2.62 bits per heavy atom. The summed E-state index contributed by atoms with van der Waals surface area (Å²) >= 11 is 0. The quantitative estimate of drug-likeness (QED) is 0.241. The molecule has 1 rings (SSSR count). The molecule has 1 atom stereocenters. The number of aryl methyl sites for hydroxylation is 1. The third-order valence-electron chi connectivity index (χ3n) is 3.99. The first-order valence-electron chi connectivity index (χ1n) is 9.27. The number of guanidine groups is 1. The lowest BCUT2D eigenvalue weighted by atomic mass is 10.0. The number of aliphatic hydroxyl groups is 1. The molecule has 0 aromatic carbocycles. The molecule has 0 fully saturated rings. The van der Waals surface area contributed by atoms with Crippen LogP contribution in [0.1, 0.15) is 57.5 Å². The number of furan rings is 1. The maximum Gasteiger partial charge on any atom is 0.305 e. The minimum Gasteiger partial charge on any atom is -0.469 e. The molecule has 0 aliphatic heterocycles. The molecule has 0 bridgehead atoms. The molecule has 148 valence electrons. The van der Waals surface area contributed by atoms with E-state index in [0.717, 1.165) is 44.5 Å². The molecule has 7 heteroatoms. The van der Waals surface area contributed by atoms with Gasteiger partial charge in [0.05, 0.1) is 13.7 Å². The van der Waals surface area contributed by atoms with Gasteiger partial charge < -0.3 is 24.9 Å². The molecule has 3 N–H and O–H groups in total. The number of hydrogen-bond donors (Lipinski definition) is 3. The van der Waals surface area contributed by atoms with Crippen molar-refractivity contribution in [3.63, 3.8) is 0 Å². The van der Waals surface area contributed by atoms with E-state index in [4.69, 9.17) is 4.42 Å². The second-order valence-electron chi connectivity index (χ2n) is 6.55. The Morgan fingerprint density at radius 2 is 2.00 bits per heavy atom. The van der Waals surface area contributed by atoms with E-state index in [1.54, 1.807) is 13.0 Å². The van der Waals surface area contributed by atoms with Crippen LogP contribution >= 0.6 is 0 Å². The van der Waals surface area contributed by atoms with Crippen molar-refractivity contribution in [1.29, 1.82) is 0 Å². The van der Waals surface area contributed by atoms with Crippen molar-refractivity contribution in [3.8, 4) is 0 Å². The number of carbonyl (C=O) groups is 1. The molecule has 0 saturated carbocycles. The van der Waals surface area contributed by atoms with Crippen molar-refractivity contribution in [1.82, 2.24) is 10.6 Å². The van der Waals surface area contributed by atoms with Crippen LogP contribution in [-0.2, 0) is 15.1 Å². The van der Waals surface area contributed by atoms with Crippen molar-refractivity contribution in [3.05, 3.63) is 23.7 Å². The lowest BCUT2D eigenvalue weighted by Gasteiger charge is -2.19. The van der Waals surface area contributed by atoms with E-state index >= 15 is 0 Å². The van der Waals surface area contributed by atoms with Gasteiger partial charge in [0.2, 0.25) is 0 Å².